The fourth-order valence-corrected chi connectivity index (χ4v) is 6.50. The molecule has 0 aliphatic rings. The van der Waals surface area contributed by atoms with Crippen LogP contribution in [0.2, 0.25) is 0 Å². The molecule has 4 aromatic heterocycles. The Morgan fingerprint density at radius 2 is 0.863 bits per heavy atom. The van der Waals surface area contributed by atoms with Gasteiger partial charge >= 0.3 is 40.8 Å². The summed E-state index contributed by atoms with van der Waals surface area (Å²) in [5, 5.41) is 2.13. The molecular formula is C44H33N5Pd2. The number of nitrogens with zero attached hydrogens (tertiary/aromatic N) is 5. The minimum atomic E-state index is -0.400. The van der Waals surface area contributed by atoms with Crippen LogP contribution in [-0.2, 0) is 51.7 Å². The molecule has 0 unspecified atom stereocenters. The van der Waals surface area contributed by atoms with Crippen molar-refractivity contribution >= 4 is 21.8 Å². The zero-order valence-corrected chi connectivity index (χ0v) is 31.6. The summed E-state index contributed by atoms with van der Waals surface area (Å²) in [5.74, 6) is 0.576. The van der Waals surface area contributed by atoms with E-state index in [0.29, 0.717) is 5.95 Å². The second kappa shape index (κ2) is 14.6. The number of hydrogen-bond donors (Lipinski definition) is 0. The van der Waals surface area contributed by atoms with Gasteiger partial charge in [-0.3, -0.25) is 0 Å². The molecule has 0 N–H and O–H groups in total. The fourth-order valence-electron chi connectivity index (χ4n) is 6.50. The number of benzene rings is 4. The van der Waals surface area contributed by atoms with E-state index in [9.17, 15) is 0 Å². The average Bonchev–Trinajstić information content (AvgIpc) is 3.49. The van der Waals surface area contributed by atoms with Gasteiger partial charge in [0.2, 0.25) is 5.95 Å². The molecule has 0 fully saturated rings. The van der Waals surface area contributed by atoms with Gasteiger partial charge in [-0.1, -0.05) is 63.0 Å². The molecular weight excluding hydrogens is 811 g/mol. The van der Waals surface area contributed by atoms with Crippen molar-refractivity contribution in [3.63, 3.8) is 0 Å². The van der Waals surface area contributed by atoms with Crippen molar-refractivity contribution in [2.75, 3.05) is 0 Å². The van der Waals surface area contributed by atoms with Crippen molar-refractivity contribution in [2.45, 2.75) is 38.5 Å². The monoisotopic (exact) mass is 843 g/mol. The van der Waals surface area contributed by atoms with Gasteiger partial charge in [0.1, 0.15) is 0 Å². The zero-order valence-electron chi connectivity index (χ0n) is 28.5. The Bertz CT molecular complexity index is 2290. The molecule has 4 aromatic carbocycles. The van der Waals surface area contributed by atoms with Gasteiger partial charge in [0.05, 0.1) is 0 Å². The largest absolute Gasteiger partial charge is 2.00 e. The standard InChI is InChI=1S/C44H33N5.2Pd/c1-43(2,32-14-9-12-30(26-32)38-16-5-7-22-45-38)34-18-20-36-37-21-19-35(29-41(37)49(40(36)28-34)42-47-24-11-25-48-42)44(3,4)33-15-10-13-31(27-33)39-17-6-8-23-46-39;;/h5-25H,1-4H3;;/q-4;2*+2. The maximum absolute atomic E-state index is 4.70. The summed E-state index contributed by atoms with van der Waals surface area (Å²) >= 11 is 0. The first-order chi connectivity index (χ1) is 23.8. The van der Waals surface area contributed by atoms with Crippen LogP contribution in [0, 0.1) is 24.3 Å². The van der Waals surface area contributed by atoms with Gasteiger partial charge in [0.25, 0.3) is 0 Å². The van der Waals surface area contributed by atoms with Crippen LogP contribution in [0.3, 0.4) is 0 Å². The molecule has 0 spiro atoms. The SMILES string of the molecule is CC(C)(c1[c-]c(-c2ccccn2)ccc1)c1[c-]c2c(cc1)c1ccc(C(C)(C)c3[c-]c(-c4ccccn4)ccc3)[c-]c1n2-c1ncccn1.[Pd+2].[Pd+2]. The van der Waals surface area contributed by atoms with Gasteiger partial charge < -0.3 is 14.5 Å². The molecule has 0 atom stereocenters. The zero-order chi connectivity index (χ0) is 33.6. The van der Waals surface area contributed by atoms with Crippen molar-refractivity contribution in [2.24, 2.45) is 0 Å². The summed E-state index contributed by atoms with van der Waals surface area (Å²) in [6.07, 6.45) is 7.18. The molecule has 0 amide bonds. The molecule has 7 heteroatoms. The molecule has 0 aliphatic carbocycles. The molecule has 51 heavy (non-hydrogen) atoms. The summed E-state index contributed by atoms with van der Waals surface area (Å²) in [6.45, 7) is 8.86. The third-order valence-corrected chi connectivity index (χ3v) is 9.50. The summed E-state index contributed by atoms with van der Waals surface area (Å²) in [6, 6.07) is 49.9. The summed E-state index contributed by atoms with van der Waals surface area (Å²) in [5.41, 5.74) is 8.93. The van der Waals surface area contributed by atoms with E-state index >= 15 is 0 Å². The normalized spacial score (nSPS) is 11.6. The second-order valence-electron chi connectivity index (χ2n) is 13.3. The van der Waals surface area contributed by atoms with Gasteiger partial charge in [-0.2, -0.15) is 58.3 Å². The average molecular weight is 845 g/mol. The maximum Gasteiger partial charge on any atom is 2.00 e. The van der Waals surface area contributed by atoms with Gasteiger partial charge in [-0.15, -0.1) is 70.8 Å². The quantitative estimate of drug-likeness (QED) is 0.119. The first kappa shape index (κ1) is 36.2. The minimum Gasteiger partial charge on any atom is -0.328 e. The molecule has 0 radical (unpaired) electrons. The van der Waals surface area contributed by atoms with Gasteiger partial charge in [-0.25, -0.2) is 9.97 Å². The van der Waals surface area contributed by atoms with Crippen LogP contribution in [0.1, 0.15) is 49.9 Å². The van der Waals surface area contributed by atoms with Crippen molar-refractivity contribution in [3.8, 4) is 28.5 Å². The van der Waals surface area contributed by atoms with Crippen LogP contribution >= 0.6 is 0 Å². The molecule has 4 heterocycles. The van der Waals surface area contributed by atoms with Crippen LogP contribution in [-0.4, -0.2) is 24.5 Å². The van der Waals surface area contributed by atoms with E-state index in [1.54, 1.807) is 12.4 Å². The van der Waals surface area contributed by atoms with Crippen LogP contribution in [0.15, 0.2) is 128 Å². The Labute approximate surface area is 326 Å². The Hall–Kier alpha value is -4.62. The summed E-state index contributed by atoms with van der Waals surface area (Å²) < 4.78 is 2.09. The third-order valence-electron chi connectivity index (χ3n) is 9.50. The van der Waals surface area contributed by atoms with Crippen LogP contribution < -0.4 is 0 Å². The van der Waals surface area contributed by atoms with E-state index in [1.165, 1.54) is 0 Å². The van der Waals surface area contributed by atoms with Crippen LogP contribution in [0.5, 0.6) is 0 Å². The Kier molecular flexibility index (Phi) is 10.3. The summed E-state index contributed by atoms with van der Waals surface area (Å²) in [7, 11) is 0. The topological polar surface area (TPSA) is 56.5 Å². The Balaban J connectivity index is 0.00000224. The number of hydrogen-bond acceptors (Lipinski definition) is 4. The van der Waals surface area contributed by atoms with E-state index in [1.807, 2.05) is 54.9 Å². The maximum atomic E-state index is 4.70. The molecule has 0 saturated carbocycles. The van der Waals surface area contributed by atoms with E-state index in [-0.39, 0.29) is 40.8 Å². The van der Waals surface area contributed by atoms with Crippen molar-refractivity contribution < 1.29 is 40.8 Å². The number of pyridine rings is 2. The number of fused-ring (bicyclic) bond motifs is 3. The third kappa shape index (κ3) is 6.64. The second-order valence-corrected chi connectivity index (χ2v) is 13.3. The van der Waals surface area contributed by atoms with Gasteiger partial charge in [-0.05, 0) is 40.4 Å². The van der Waals surface area contributed by atoms with Crippen LogP contribution in [0.25, 0.3) is 50.3 Å². The molecule has 8 aromatic rings. The molecule has 0 bridgehead atoms. The van der Waals surface area contributed by atoms with Crippen molar-refractivity contribution in [1.29, 1.82) is 0 Å². The number of aromatic nitrogens is 5. The predicted molar refractivity (Wildman–Crippen MR) is 195 cm³/mol. The van der Waals surface area contributed by atoms with Crippen molar-refractivity contribution in [1.82, 2.24) is 24.5 Å². The molecule has 8 rings (SSSR count). The van der Waals surface area contributed by atoms with E-state index < -0.39 is 10.8 Å². The molecule has 254 valence electrons. The molecule has 0 aliphatic heterocycles. The first-order valence-corrected chi connectivity index (χ1v) is 16.4. The van der Waals surface area contributed by atoms with E-state index in [0.717, 1.165) is 66.6 Å². The first-order valence-electron chi connectivity index (χ1n) is 16.4. The fraction of sp³-hybridized carbons (Fsp3) is 0.136. The van der Waals surface area contributed by atoms with Crippen molar-refractivity contribution in [3.05, 3.63) is 174 Å². The predicted octanol–water partition coefficient (Wildman–Crippen LogP) is 9.55. The Morgan fingerprint density at radius 1 is 0.431 bits per heavy atom. The Morgan fingerprint density at radius 3 is 1.29 bits per heavy atom. The van der Waals surface area contributed by atoms with Gasteiger partial charge in [0.15, 0.2) is 0 Å². The molecule has 0 saturated heterocycles. The minimum absolute atomic E-state index is 0. The van der Waals surface area contributed by atoms with E-state index in [2.05, 4.69) is 127 Å². The van der Waals surface area contributed by atoms with E-state index in [4.69, 9.17) is 9.97 Å². The van der Waals surface area contributed by atoms with Crippen LogP contribution in [0.4, 0.5) is 0 Å². The summed E-state index contributed by atoms with van der Waals surface area (Å²) in [4.78, 5) is 18.5. The van der Waals surface area contributed by atoms with Gasteiger partial charge in [0, 0.05) is 24.8 Å². The smallest absolute Gasteiger partial charge is 0.328 e. The number of rotatable bonds is 7. The molecule has 5 nitrogen and oxygen atoms in total.